The Morgan fingerprint density at radius 1 is 1.47 bits per heavy atom. The Morgan fingerprint density at radius 2 is 2.24 bits per heavy atom. The van der Waals surface area contributed by atoms with Crippen molar-refractivity contribution in [2.24, 2.45) is 0 Å². The van der Waals surface area contributed by atoms with Gasteiger partial charge in [-0.1, -0.05) is 31.4 Å². The first-order valence-electron chi connectivity index (χ1n) is 6.61. The summed E-state index contributed by atoms with van der Waals surface area (Å²) in [5.74, 6) is 0.369. The normalized spacial score (nSPS) is 25.8. The summed E-state index contributed by atoms with van der Waals surface area (Å²) in [7, 11) is 0. The van der Waals surface area contributed by atoms with Crippen molar-refractivity contribution >= 4 is 11.6 Å². The average molecular weight is 257 g/mol. The van der Waals surface area contributed by atoms with E-state index in [-0.39, 0.29) is 6.10 Å². The van der Waals surface area contributed by atoms with Crippen molar-refractivity contribution in [3.63, 3.8) is 0 Å². The molecule has 17 heavy (non-hydrogen) atoms. The summed E-state index contributed by atoms with van der Waals surface area (Å²) in [6.45, 7) is 3.05. The quantitative estimate of drug-likeness (QED) is 0.843. The fourth-order valence-corrected chi connectivity index (χ4v) is 3.05. The minimum Gasteiger partial charge on any atom is -0.393 e. The van der Waals surface area contributed by atoms with Gasteiger partial charge in [-0.15, -0.1) is 0 Å². The standard InChI is InChI=1S/C13H21ClN2O/c1-2-7-16-13(12(14)9-15-16)10-5-3-4-6-11(17)8-10/h9-11,17H,2-8H2,1H3. The third-order valence-corrected chi connectivity index (χ3v) is 3.84. The van der Waals surface area contributed by atoms with Crippen molar-refractivity contribution in [3.8, 4) is 0 Å². The molecular formula is C13H21ClN2O. The first kappa shape index (κ1) is 12.9. The van der Waals surface area contributed by atoms with E-state index >= 15 is 0 Å². The zero-order chi connectivity index (χ0) is 12.3. The number of aromatic nitrogens is 2. The minimum absolute atomic E-state index is 0.177. The Labute approximate surface area is 108 Å². The van der Waals surface area contributed by atoms with Crippen LogP contribution in [0.25, 0.3) is 0 Å². The van der Waals surface area contributed by atoms with E-state index in [0.717, 1.165) is 49.4 Å². The van der Waals surface area contributed by atoms with E-state index in [4.69, 9.17) is 11.6 Å². The van der Waals surface area contributed by atoms with Crippen LogP contribution >= 0.6 is 11.6 Å². The summed E-state index contributed by atoms with van der Waals surface area (Å²) in [5.41, 5.74) is 1.13. The first-order chi connectivity index (χ1) is 8.22. The van der Waals surface area contributed by atoms with Gasteiger partial charge in [-0.25, -0.2) is 0 Å². The number of aliphatic hydroxyl groups is 1. The van der Waals surface area contributed by atoms with Crippen LogP contribution in [0.15, 0.2) is 6.20 Å². The highest BCUT2D eigenvalue weighted by atomic mass is 35.5. The molecular weight excluding hydrogens is 236 g/mol. The SMILES string of the molecule is CCCn1ncc(Cl)c1C1CCCCC(O)C1. The summed E-state index contributed by atoms with van der Waals surface area (Å²) in [6, 6.07) is 0. The molecule has 1 aliphatic carbocycles. The Hall–Kier alpha value is -0.540. The van der Waals surface area contributed by atoms with E-state index < -0.39 is 0 Å². The maximum absolute atomic E-state index is 9.90. The van der Waals surface area contributed by atoms with Crippen LogP contribution in [0.3, 0.4) is 0 Å². The van der Waals surface area contributed by atoms with Gasteiger partial charge in [0.2, 0.25) is 0 Å². The highest BCUT2D eigenvalue weighted by molar-refractivity contribution is 6.31. The smallest absolute Gasteiger partial charge is 0.0820 e. The summed E-state index contributed by atoms with van der Waals surface area (Å²) >= 11 is 6.25. The Kier molecular flexibility index (Phi) is 4.46. The predicted octanol–water partition coefficient (Wildman–Crippen LogP) is 3.36. The largest absolute Gasteiger partial charge is 0.393 e. The van der Waals surface area contributed by atoms with Gasteiger partial charge in [0.05, 0.1) is 23.0 Å². The first-order valence-corrected chi connectivity index (χ1v) is 6.99. The molecule has 2 unspecified atom stereocenters. The van der Waals surface area contributed by atoms with Crippen LogP contribution in [0.2, 0.25) is 5.02 Å². The van der Waals surface area contributed by atoms with Crippen LogP contribution in [0.1, 0.15) is 57.1 Å². The lowest BCUT2D eigenvalue weighted by atomic mass is 9.95. The van der Waals surface area contributed by atoms with E-state index in [9.17, 15) is 5.11 Å². The molecule has 0 bridgehead atoms. The summed E-state index contributed by atoms with van der Waals surface area (Å²) in [6.07, 6.45) is 7.79. The van der Waals surface area contributed by atoms with E-state index in [0.29, 0.717) is 5.92 Å². The third kappa shape index (κ3) is 3.02. The molecule has 0 spiro atoms. The molecule has 0 amide bonds. The fraction of sp³-hybridized carbons (Fsp3) is 0.769. The summed E-state index contributed by atoms with van der Waals surface area (Å²) < 4.78 is 2.02. The Morgan fingerprint density at radius 3 is 3.00 bits per heavy atom. The molecule has 1 aliphatic rings. The van der Waals surface area contributed by atoms with Gasteiger partial charge in [0.15, 0.2) is 0 Å². The topological polar surface area (TPSA) is 38.0 Å². The molecule has 1 fully saturated rings. The number of hydrogen-bond donors (Lipinski definition) is 1. The van der Waals surface area contributed by atoms with Gasteiger partial charge in [0, 0.05) is 12.5 Å². The minimum atomic E-state index is -0.177. The molecule has 1 aromatic heterocycles. The summed E-state index contributed by atoms with van der Waals surface area (Å²) in [4.78, 5) is 0. The van der Waals surface area contributed by atoms with Crippen LogP contribution in [-0.4, -0.2) is 21.0 Å². The van der Waals surface area contributed by atoms with Crippen LogP contribution in [-0.2, 0) is 6.54 Å². The van der Waals surface area contributed by atoms with Gasteiger partial charge < -0.3 is 5.11 Å². The molecule has 0 saturated heterocycles. The number of rotatable bonds is 3. The van der Waals surface area contributed by atoms with Gasteiger partial charge in [-0.05, 0) is 25.7 Å². The van der Waals surface area contributed by atoms with Crippen LogP contribution in [0, 0.1) is 0 Å². The van der Waals surface area contributed by atoms with Crippen molar-refractivity contribution in [3.05, 3.63) is 16.9 Å². The van der Waals surface area contributed by atoms with E-state index in [1.165, 1.54) is 6.42 Å². The molecule has 1 N–H and O–H groups in total. The van der Waals surface area contributed by atoms with Crippen LogP contribution < -0.4 is 0 Å². The molecule has 0 radical (unpaired) electrons. The lowest BCUT2D eigenvalue weighted by Crippen LogP contribution is -2.14. The van der Waals surface area contributed by atoms with E-state index in [2.05, 4.69) is 12.0 Å². The Balaban J connectivity index is 2.21. The van der Waals surface area contributed by atoms with Gasteiger partial charge >= 0.3 is 0 Å². The zero-order valence-electron chi connectivity index (χ0n) is 10.4. The molecule has 96 valence electrons. The van der Waals surface area contributed by atoms with Gasteiger partial charge in [0.1, 0.15) is 0 Å². The Bertz CT molecular complexity index is 364. The molecule has 0 aliphatic heterocycles. The van der Waals surface area contributed by atoms with Crippen molar-refractivity contribution in [1.82, 2.24) is 9.78 Å². The third-order valence-electron chi connectivity index (χ3n) is 3.55. The summed E-state index contributed by atoms with van der Waals surface area (Å²) in [5, 5.41) is 15.0. The second kappa shape index (κ2) is 5.87. The molecule has 1 saturated carbocycles. The number of halogens is 1. The maximum Gasteiger partial charge on any atom is 0.0820 e. The molecule has 1 aromatic rings. The molecule has 2 rings (SSSR count). The molecule has 0 aromatic carbocycles. The molecule has 4 heteroatoms. The molecule has 1 heterocycles. The number of aryl methyl sites for hydroxylation is 1. The van der Waals surface area contributed by atoms with E-state index in [1.807, 2.05) is 4.68 Å². The highest BCUT2D eigenvalue weighted by Crippen LogP contribution is 2.35. The monoisotopic (exact) mass is 256 g/mol. The number of hydrogen-bond acceptors (Lipinski definition) is 2. The number of nitrogens with zero attached hydrogens (tertiary/aromatic N) is 2. The van der Waals surface area contributed by atoms with E-state index in [1.54, 1.807) is 6.20 Å². The fourth-order valence-electron chi connectivity index (χ4n) is 2.75. The molecule has 3 nitrogen and oxygen atoms in total. The van der Waals surface area contributed by atoms with Crippen molar-refractivity contribution < 1.29 is 5.11 Å². The van der Waals surface area contributed by atoms with Crippen molar-refractivity contribution in [2.75, 3.05) is 0 Å². The van der Waals surface area contributed by atoms with Crippen LogP contribution in [0.5, 0.6) is 0 Å². The second-order valence-electron chi connectivity index (χ2n) is 4.97. The zero-order valence-corrected chi connectivity index (χ0v) is 11.2. The maximum atomic E-state index is 9.90. The predicted molar refractivity (Wildman–Crippen MR) is 69.4 cm³/mol. The second-order valence-corrected chi connectivity index (χ2v) is 5.38. The van der Waals surface area contributed by atoms with Crippen LogP contribution in [0.4, 0.5) is 0 Å². The van der Waals surface area contributed by atoms with Crippen molar-refractivity contribution in [2.45, 2.75) is 64.0 Å². The lowest BCUT2D eigenvalue weighted by molar-refractivity contribution is 0.150. The van der Waals surface area contributed by atoms with Gasteiger partial charge in [-0.3, -0.25) is 4.68 Å². The average Bonchev–Trinajstić information content (AvgIpc) is 2.52. The van der Waals surface area contributed by atoms with Gasteiger partial charge in [0.25, 0.3) is 0 Å². The van der Waals surface area contributed by atoms with Crippen molar-refractivity contribution in [1.29, 1.82) is 0 Å². The van der Waals surface area contributed by atoms with Gasteiger partial charge in [-0.2, -0.15) is 5.10 Å². The molecule has 2 atom stereocenters. The lowest BCUT2D eigenvalue weighted by Gasteiger charge is -2.18. The highest BCUT2D eigenvalue weighted by Gasteiger charge is 2.25. The number of aliphatic hydroxyl groups excluding tert-OH is 1.